The summed E-state index contributed by atoms with van der Waals surface area (Å²) in [5.74, 6) is -0.0439. The number of carbonyl (C=O) groups excluding carboxylic acids is 2. The van der Waals surface area contributed by atoms with E-state index in [9.17, 15) is 9.59 Å². The second-order valence-corrected chi connectivity index (χ2v) is 5.86. The fourth-order valence-corrected chi connectivity index (χ4v) is 2.54. The Morgan fingerprint density at radius 1 is 1.38 bits per heavy atom. The van der Waals surface area contributed by atoms with Crippen molar-refractivity contribution >= 4 is 17.6 Å². The summed E-state index contributed by atoms with van der Waals surface area (Å²) in [6, 6.07) is 8.77. The minimum absolute atomic E-state index is 0.00278. The summed E-state index contributed by atoms with van der Waals surface area (Å²) in [5.41, 5.74) is 1.07. The van der Waals surface area contributed by atoms with Gasteiger partial charge in [0.1, 0.15) is 6.07 Å². The molecular weight excluding hydrogens is 306 g/mol. The molecule has 0 saturated carbocycles. The number of hydrogen-bond donors (Lipinski definition) is 1. The van der Waals surface area contributed by atoms with E-state index in [1.165, 1.54) is 13.3 Å². The first-order valence-corrected chi connectivity index (χ1v) is 7.89. The van der Waals surface area contributed by atoms with Crippen molar-refractivity contribution < 1.29 is 14.3 Å². The molecule has 0 bridgehead atoms. The average molecular weight is 327 g/mol. The minimum Gasteiger partial charge on any atom is -0.465 e. The summed E-state index contributed by atoms with van der Waals surface area (Å²) < 4.78 is 4.51. The number of methoxy groups -OCH3 is 1. The fraction of sp³-hybridized carbons (Fsp3) is 0.389. The maximum absolute atomic E-state index is 12.6. The minimum atomic E-state index is -0.709. The number of nitriles is 1. The van der Waals surface area contributed by atoms with Gasteiger partial charge in [0.2, 0.25) is 0 Å². The van der Waals surface area contributed by atoms with Gasteiger partial charge in [-0.15, -0.1) is 0 Å². The maximum atomic E-state index is 12.6. The van der Waals surface area contributed by atoms with E-state index in [0.29, 0.717) is 17.2 Å². The van der Waals surface area contributed by atoms with Crippen LogP contribution in [0.4, 0.5) is 5.69 Å². The van der Waals surface area contributed by atoms with Crippen LogP contribution >= 0.6 is 0 Å². The number of nitrogens with zero attached hydrogens (tertiary/aromatic N) is 2. The highest BCUT2D eigenvalue weighted by atomic mass is 16.5. The normalized spacial score (nSPS) is 15.5. The molecule has 0 aliphatic carbocycles. The van der Waals surface area contributed by atoms with Crippen molar-refractivity contribution in [2.24, 2.45) is 5.92 Å². The summed E-state index contributed by atoms with van der Waals surface area (Å²) in [6.07, 6.45) is 3.33. The van der Waals surface area contributed by atoms with Crippen molar-refractivity contribution in [3.05, 3.63) is 41.6 Å². The van der Waals surface area contributed by atoms with Crippen molar-refractivity contribution in [2.75, 3.05) is 25.5 Å². The molecule has 1 aliphatic heterocycles. The van der Waals surface area contributed by atoms with Gasteiger partial charge in [-0.1, -0.05) is 13.0 Å². The predicted molar refractivity (Wildman–Crippen MR) is 90.1 cm³/mol. The third kappa shape index (κ3) is 4.35. The van der Waals surface area contributed by atoms with Crippen molar-refractivity contribution in [1.82, 2.24) is 4.90 Å². The summed E-state index contributed by atoms with van der Waals surface area (Å²) in [5, 5.41) is 11.8. The van der Waals surface area contributed by atoms with E-state index in [1.807, 2.05) is 4.90 Å². The van der Waals surface area contributed by atoms with Crippen LogP contribution in [0.3, 0.4) is 0 Å². The van der Waals surface area contributed by atoms with Crippen LogP contribution in [0, 0.1) is 17.2 Å². The molecule has 1 N–H and O–H groups in total. The number of ether oxygens (including phenoxy) is 1. The number of benzene rings is 1. The van der Waals surface area contributed by atoms with Gasteiger partial charge in [0, 0.05) is 30.5 Å². The van der Waals surface area contributed by atoms with Crippen LogP contribution in [-0.2, 0) is 9.53 Å². The van der Waals surface area contributed by atoms with Gasteiger partial charge >= 0.3 is 5.97 Å². The number of anilines is 1. The highest BCUT2D eigenvalue weighted by Crippen LogP contribution is 2.19. The fourth-order valence-electron chi connectivity index (χ4n) is 2.54. The van der Waals surface area contributed by atoms with E-state index in [1.54, 1.807) is 30.3 Å². The highest BCUT2D eigenvalue weighted by Gasteiger charge is 2.21. The van der Waals surface area contributed by atoms with Gasteiger partial charge < -0.3 is 15.0 Å². The van der Waals surface area contributed by atoms with E-state index >= 15 is 0 Å². The molecule has 0 spiro atoms. The van der Waals surface area contributed by atoms with E-state index in [-0.39, 0.29) is 11.5 Å². The molecule has 1 aliphatic rings. The summed E-state index contributed by atoms with van der Waals surface area (Å²) in [6.45, 7) is 3.75. The topological polar surface area (TPSA) is 82.4 Å². The van der Waals surface area contributed by atoms with Gasteiger partial charge in [0.25, 0.3) is 5.91 Å². The molecule has 1 aromatic rings. The van der Waals surface area contributed by atoms with E-state index in [2.05, 4.69) is 17.0 Å². The van der Waals surface area contributed by atoms with Gasteiger partial charge in [-0.2, -0.15) is 5.26 Å². The zero-order chi connectivity index (χ0) is 17.5. The van der Waals surface area contributed by atoms with Crippen LogP contribution in [0.1, 0.15) is 30.1 Å². The van der Waals surface area contributed by atoms with Crippen LogP contribution < -0.4 is 5.32 Å². The molecule has 126 valence electrons. The average Bonchev–Trinajstić information content (AvgIpc) is 2.62. The van der Waals surface area contributed by atoms with Crippen molar-refractivity contribution in [2.45, 2.75) is 19.8 Å². The van der Waals surface area contributed by atoms with Gasteiger partial charge in [-0.25, -0.2) is 4.79 Å². The number of carbonyl (C=O) groups is 2. The molecule has 0 unspecified atom stereocenters. The molecule has 1 fully saturated rings. The standard InChI is InChI=1S/C18H21N3O3/c1-13-6-8-21(9-7-13)17(22)14-4-3-5-16(10-14)20-12-15(11-19)18(23)24-2/h3-5,10,12-13,20H,6-9H2,1-2H3/b15-12-. The van der Waals surface area contributed by atoms with Crippen molar-refractivity contribution in [1.29, 1.82) is 5.26 Å². The molecule has 0 radical (unpaired) electrons. The second kappa shape index (κ2) is 8.16. The Morgan fingerprint density at radius 3 is 2.71 bits per heavy atom. The summed E-state index contributed by atoms with van der Waals surface area (Å²) in [7, 11) is 1.21. The van der Waals surface area contributed by atoms with E-state index < -0.39 is 5.97 Å². The Balaban J connectivity index is 2.09. The van der Waals surface area contributed by atoms with Gasteiger partial charge in [0.15, 0.2) is 5.57 Å². The molecule has 1 amide bonds. The number of nitrogens with one attached hydrogen (secondary N) is 1. The molecule has 24 heavy (non-hydrogen) atoms. The Bertz CT molecular complexity index is 683. The first kappa shape index (κ1) is 17.5. The molecular formula is C18H21N3O3. The Labute approximate surface area is 141 Å². The monoisotopic (exact) mass is 327 g/mol. The first-order valence-electron chi connectivity index (χ1n) is 7.89. The largest absolute Gasteiger partial charge is 0.465 e. The lowest BCUT2D eigenvalue weighted by Crippen LogP contribution is -2.37. The number of esters is 1. The number of likely N-dealkylation sites (tertiary alicyclic amines) is 1. The summed E-state index contributed by atoms with van der Waals surface area (Å²) in [4.78, 5) is 25.8. The number of rotatable bonds is 4. The number of hydrogen-bond acceptors (Lipinski definition) is 5. The zero-order valence-corrected chi connectivity index (χ0v) is 13.9. The molecule has 2 rings (SSSR count). The highest BCUT2D eigenvalue weighted by molar-refractivity contribution is 5.95. The summed E-state index contributed by atoms with van der Waals surface area (Å²) >= 11 is 0. The Kier molecular flexibility index (Phi) is 5.96. The van der Waals surface area contributed by atoms with Crippen molar-refractivity contribution in [3.8, 4) is 6.07 Å². The molecule has 6 heteroatoms. The second-order valence-electron chi connectivity index (χ2n) is 5.86. The van der Waals surface area contributed by atoms with Gasteiger partial charge in [-0.3, -0.25) is 4.79 Å². The van der Waals surface area contributed by atoms with Gasteiger partial charge in [-0.05, 0) is 37.0 Å². The first-order chi connectivity index (χ1) is 11.5. The lowest BCUT2D eigenvalue weighted by atomic mass is 9.98. The molecule has 0 atom stereocenters. The molecule has 1 aromatic carbocycles. The zero-order valence-electron chi connectivity index (χ0n) is 13.9. The van der Waals surface area contributed by atoms with Gasteiger partial charge in [0.05, 0.1) is 7.11 Å². The molecule has 6 nitrogen and oxygen atoms in total. The van der Waals surface area contributed by atoms with Crippen LogP contribution in [0.25, 0.3) is 0 Å². The van der Waals surface area contributed by atoms with E-state index in [4.69, 9.17) is 5.26 Å². The third-order valence-electron chi connectivity index (χ3n) is 4.09. The van der Waals surface area contributed by atoms with Crippen LogP contribution in [-0.4, -0.2) is 37.0 Å². The third-order valence-corrected chi connectivity index (χ3v) is 4.09. The molecule has 1 heterocycles. The number of piperidine rings is 1. The maximum Gasteiger partial charge on any atom is 0.350 e. The van der Waals surface area contributed by atoms with Crippen molar-refractivity contribution in [3.63, 3.8) is 0 Å². The lowest BCUT2D eigenvalue weighted by molar-refractivity contribution is -0.135. The van der Waals surface area contributed by atoms with Crippen LogP contribution in [0.5, 0.6) is 0 Å². The van der Waals surface area contributed by atoms with E-state index in [0.717, 1.165) is 25.9 Å². The predicted octanol–water partition coefficient (Wildman–Crippen LogP) is 2.55. The molecule has 0 aromatic heterocycles. The van der Waals surface area contributed by atoms with Crippen LogP contribution in [0.15, 0.2) is 36.0 Å². The van der Waals surface area contributed by atoms with Crippen LogP contribution in [0.2, 0.25) is 0 Å². The lowest BCUT2D eigenvalue weighted by Gasteiger charge is -2.30. The SMILES string of the molecule is COC(=O)/C(C#N)=C\Nc1cccc(C(=O)N2CCC(C)CC2)c1. The molecule has 1 saturated heterocycles. The number of amides is 1. The Morgan fingerprint density at radius 2 is 2.08 bits per heavy atom. The Hall–Kier alpha value is -2.81. The smallest absolute Gasteiger partial charge is 0.350 e. The quantitative estimate of drug-likeness (QED) is 0.522.